The van der Waals surface area contributed by atoms with E-state index in [-0.39, 0.29) is 36.1 Å². The van der Waals surface area contributed by atoms with Gasteiger partial charge in [-0.1, -0.05) is 72.4 Å². The van der Waals surface area contributed by atoms with Crippen LogP contribution in [0.5, 0.6) is 0 Å². The molecule has 0 saturated carbocycles. The second kappa shape index (κ2) is 7.13. The first kappa shape index (κ1) is 15.4. The van der Waals surface area contributed by atoms with Crippen molar-refractivity contribution in [2.45, 2.75) is 12.1 Å². The smallest absolute Gasteiger partial charge is 0.157 e. The first-order valence-corrected chi connectivity index (χ1v) is 7.59. The van der Waals surface area contributed by atoms with Crippen molar-refractivity contribution >= 4 is 40.9 Å². The molecule has 2 aromatic rings. The molecule has 0 aromatic heterocycles. The van der Waals surface area contributed by atoms with Crippen LogP contribution in [0.4, 0.5) is 0 Å². The van der Waals surface area contributed by atoms with E-state index in [1.54, 1.807) is 11.8 Å². The van der Waals surface area contributed by atoms with Gasteiger partial charge >= 0.3 is 0 Å². The minimum Gasteiger partial charge on any atom is -0.356 e. The van der Waals surface area contributed by atoms with Gasteiger partial charge in [-0.2, -0.15) is 0 Å². The summed E-state index contributed by atoms with van der Waals surface area (Å²) in [7, 11) is 0. The lowest BCUT2D eigenvalue weighted by molar-refractivity contribution is 0.573. The number of hydrogen-bond acceptors (Lipinski definition) is 3. The Labute approximate surface area is 141 Å². The Morgan fingerprint density at radius 2 is 1.45 bits per heavy atom. The zero-order valence-corrected chi connectivity index (χ0v) is 14.3. The summed E-state index contributed by atoms with van der Waals surface area (Å²) in [4.78, 5) is 4.80. The van der Waals surface area contributed by atoms with Crippen LogP contribution in [-0.2, 0) is 0 Å². The Bertz CT molecular complexity index is 572. The minimum absolute atomic E-state index is 0. The molecule has 1 aliphatic rings. The molecule has 2 nitrogen and oxygen atoms in total. The summed E-state index contributed by atoms with van der Waals surface area (Å²) in [5.74, 6) is 0. The Morgan fingerprint density at radius 3 is 2.00 bits per heavy atom. The number of amidine groups is 1. The fourth-order valence-corrected chi connectivity index (χ4v) is 2.87. The van der Waals surface area contributed by atoms with Crippen LogP contribution in [0.15, 0.2) is 65.7 Å². The number of nitrogens with zero attached hydrogens (tertiary/aromatic N) is 1. The third kappa shape index (κ3) is 3.17. The molecular weight excluding hydrogens is 379 g/mol. The molecule has 0 amide bonds. The summed E-state index contributed by atoms with van der Waals surface area (Å²) >= 11 is 1.67. The second-order valence-corrected chi connectivity index (χ2v) is 5.32. The molecule has 0 radical (unpaired) electrons. The van der Waals surface area contributed by atoms with E-state index in [4.69, 9.17) is 4.99 Å². The van der Waals surface area contributed by atoms with E-state index in [9.17, 15) is 0 Å². The number of hydrogen-bond donors (Lipinski definition) is 1. The number of benzene rings is 2. The summed E-state index contributed by atoms with van der Waals surface area (Å²) in [6.45, 7) is 0. The molecule has 4 heteroatoms. The van der Waals surface area contributed by atoms with Crippen LogP contribution in [0, 0.1) is 0 Å². The molecule has 20 heavy (non-hydrogen) atoms. The standard InChI is InChI=1S/C16H16N2S.HI/c1-19-16-17-14(12-8-4-2-5-9-12)15(18-16)13-10-6-3-7-11-13;/h2-11,14-15H,1H3,(H,17,18);1H/t14-,15-;/m1./s1. The maximum Gasteiger partial charge on any atom is 0.157 e. The predicted molar refractivity (Wildman–Crippen MR) is 97.9 cm³/mol. The molecule has 1 N–H and O–H groups in total. The van der Waals surface area contributed by atoms with E-state index < -0.39 is 0 Å². The van der Waals surface area contributed by atoms with Gasteiger partial charge in [0.15, 0.2) is 5.17 Å². The van der Waals surface area contributed by atoms with Crippen molar-refractivity contribution in [2.24, 2.45) is 4.99 Å². The molecular formula is C16H17IN2S. The zero-order valence-electron chi connectivity index (χ0n) is 11.2. The SMILES string of the molecule is CSC1=N[C@H](c2ccccc2)[C@@H](c2ccccc2)N1.I. The number of aliphatic imine (C=N–C) groups is 1. The normalized spacial score (nSPS) is 20.8. The van der Waals surface area contributed by atoms with Crippen molar-refractivity contribution in [1.29, 1.82) is 0 Å². The fourth-order valence-electron chi connectivity index (χ4n) is 2.40. The van der Waals surface area contributed by atoms with Gasteiger partial charge in [0.2, 0.25) is 0 Å². The zero-order chi connectivity index (χ0) is 13.1. The van der Waals surface area contributed by atoms with Crippen molar-refractivity contribution < 1.29 is 0 Å². The van der Waals surface area contributed by atoms with E-state index in [1.807, 2.05) is 12.1 Å². The molecule has 0 bridgehead atoms. The van der Waals surface area contributed by atoms with Gasteiger partial charge in [0.1, 0.15) is 6.04 Å². The number of thioether (sulfide) groups is 1. The molecule has 104 valence electrons. The lowest BCUT2D eigenvalue weighted by Crippen LogP contribution is -2.22. The van der Waals surface area contributed by atoms with E-state index in [2.05, 4.69) is 60.1 Å². The van der Waals surface area contributed by atoms with Gasteiger partial charge in [-0.3, -0.25) is 4.99 Å². The summed E-state index contributed by atoms with van der Waals surface area (Å²) < 4.78 is 0. The van der Waals surface area contributed by atoms with Crippen LogP contribution >= 0.6 is 35.7 Å². The Morgan fingerprint density at radius 1 is 0.900 bits per heavy atom. The molecule has 0 fully saturated rings. The summed E-state index contributed by atoms with van der Waals surface area (Å²) in [5.41, 5.74) is 2.54. The molecule has 0 saturated heterocycles. The molecule has 1 heterocycles. The number of rotatable bonds is 2. The molecule has 1 aliphatic heterocycles. The Kier molecular flexibility index (Phi) is 5.48. The summed E-state index contributed by atoms with van der Waals surface area (Å²) in [5, 5.41) is 4.53. The average molecular weight is 396 g/mol. The van der Waals surface area contributed by atoms with Crippen LogP contribution in [0.1, 0.15) is 23.2 Å². The quantitative estimate of drug-likeness (QED) is 0.761. The highest BCUT2D eigenvalue weighted by atomic mass is 127. The van der Waals surface area contributed by atoms with E-state index in [0.717, 1.165) is 5.17 Å². The lowest BCUT2D eigenvalue weighted by atomic mass is 9.95. The Hall–Kier alpha value is -1.01. The van der Waals surface area contributed by atoms with E-state index >= 15 is 0 Å². The second-order valence-electron chi connectivity index (χ2n) is 4.53. The average Bonchev–Trinajstić information content (AvgIpc) is 2.93. The first-order valence-electron chi connectivity index (χ1n) is 6.36. The van der Waals surface area contributed by atoms with Crippen molar-refractivity contribution in [3.05, 3.63) is 71.8 Å². The maximum atomic E-state index is 4.80. The maximum absolute atomic E-state index is 4.80. The monoisotopic (exact) mass is 396 g/mol. The highest BCUT2D eigenvalue weighted by Gasteiger charge is 2.30. The molecule has 0 spiro atoms. The van der Waals surface area contributed by atoms with Crippen LogP contribution in [0.2, 0.25) is 0 Å². The van der Waals surface area contributed by atoms with Gasteiger partial charge in [-0.15, -0.1) is 24.0 Å². The first-order chi connectivity index (χ1) is 9.38. The summed E-state index contributed by atoms with van der Waals surface area (Å²) in [6.07, 6.45) is 2.06. The Balaban J connectivity index is 0.00000147. The van der Waals surface area contributed by atoms with Crippen molar-refractivity contribution in [2.75, 3.05) is 6.26 Å². The van der Waals surface area contributed by atoms with Crippen LogP contribution < -0.4 is 5.32 Å². The molecule has 2 aromatic carbocycles. The topological polar surface area (TPSA) is 24.4 Å². The minimum atomic E-state index is 0. The van der Waals surface area contributed by atoms with Crippen LogP contribution in [0.3, 0.4) is 0 Å². The lowest BCUT2D eigenvalue weighted by Gasteiger charge is -2.19. The van der Waals surface area contributed by atoms with Gasteiger partial charge in [0.05, 0.1) is 6.04 Å². The van der Waals surface area contributed by atoms with Gasteiger partial charge in [-0.05, 0) is 17.4 Å². The summed E-state index contributed by atoms with van der Waals surface area (Å²) in [6, 6.07) is 21.4. The van der Waals surface area contributed by atoms with Gasteiger partial charge < -0.3 is 5.32 Å². The van der Waals surface area contributed by atoms with Crippen LogP contribution in [0.25, 0.3) is 0 Å². The molecule has 3 rings (SSSR count). The van der Waals surface area contributed by atoms with Gasteiger partial charge in [0, 0.05) is 0 Å². The van der Waals surface area contributed by atoms with Crippen molar-refractivity contribution in [1.82, 2.24) is 5.32 Å². The largest absolute Gasteiger partial charge is 0.356 e. The number of halogens is 1. The third-order valence-electron chi connectivity index (χ3n) is 3.34. The third-order valence-corrected chi connectivity index (χ3v) is 3.95. The molecule has 0 aliphatic carbocycles. The predicted octanol–water partition coefficient (Wildman–Crippen LogP) is 4.41. The molecule has 2 atom stereocenters. The fraction of sp³-hybridized carbons (Fsp3) is 0.188. The van der Waals surface area contributed by atoms with Gasteiger partial charge in [0.25, 0.3) is 0 Å². The highest BCUT2D eigenvalue weighted by Crippen LogP contribution is 2.37. The van der Waals surface area contributed by atoms with E-state index in [0.29, 0.717) is 0 Å². The number of nitrogens with one attached hydrogen (secondary N) is 1. The highest BCUT2D eigenvalue weighted by molar-refractivity contribution is 14.0. The van der Waals surface area contributed by atoms with E-state index in [1.165, 1.54) is 11.1 Å². The van der Waals surface area contributed by atoms with Crippen LogP contribution in [-0.4, -0.2) is 11.4 Å². The van der Waals surface area contributed by atoms with Crippen molar-refractivity contribution in [3.63, 3.8) is 0 Å². The molecule has 0 unspecified atom stereocenters. The van der Waals surface area contributed by atoms with Gasteiger partial charge in [-0.25, -0.2) is 0 Å². The van der Waals surface area contributed by atoms with Crippen molar-refractivity contribution in [3.8, 4) is 0 Å².